The smallest absolute Gasteiger partial charge is 0.270 e. The fourth-order valence-electron chi connectivity index (χ4n) is 3.93. The minimum Gasteiger partial charge on any atom is -0.439 e. The number of carbonyl (C=O) groups is 2. The molecule has 1 aliphatic heterocycles. The number of aromatic nitrogens is 2. The van der Waals surface area contributed by atoms with Gasteiger partial charge in [-0.1, -0.05) is 59.6 Å². The first-order valence-corrected chi connectivity index (χ1v) is 12.1. The first-order valence-electron chi connectivity index (χ1n) is 11.4. The molecule has 184 valence electrons. The van der Waals surface area contributed by atoms with Gasteiger partial charge in [-0.25, -0.2) is 4.68 Å². The Morgan fingerprint density at radius 3 is 2.32 bits per heavy atom. The number of benzene rings is 3. The van der Waals surface area contributed by atoms with Gasteiger partial charge in [-0.2, -0.15) is 5.10 Å². The van der Waals surface area contributed by atoms with Crippen molar-refractivity contribution in [2.75, 3.05) is 4.90 Å². The topological polar surface area (TPSA) is 76.5 Å². The zero-order valence-corrected chi connectivity index (χ0v) is 21.5. The monoisotopic (exact) mass is 528 g/mol. The Labute approximate surface area is 223 Å². The molecule has 0 saturated carbocycles. The van der Waals surface area contributed by atoms with Crippen LogP contribution in [0.1, 0.15) is 11.1 Å². The summed E-state index contributed by atoms with van der Waals surface area (Å²) in [5, 5.41) is 7.77. The molecule has 2 amide bonds. The van der Waals surface area contributed by atoms with E-state index in [9.17, 15) is 9.59 Å². The normalized spacial score (nSPS) is 14.7. The number of thiocarbonyl (C=S) groups is 1. The zero-order chi connectivity index (χ0) is 26.1. The quantitative estimate of drug-likeness (QED) is 0.205. The molecule has 37 heavy (non-hydrogen) atoms. The van der Waals surface area contributed by atoms with Gasteiger partial charge in [0.15, 0.2) is 5.11 Å². The number of amides is 2. The molecule has 0 atom stereocenters. The fraction of sp³-hybridized carbons (Fsp3) is 0.0714. The molecule has 1 saturated heterocycles. The van der Waals surface area contributed by atoms with E-state index in [-0.39, 0.29) is 10.7 Å². The predicted molar refractivity (Wildman–Crippen MR) is 148 cm³/mol. The molecule has 1 aromatic heterocycles. The Morgan fingerprint density at radius 1 is 0.973 bits per heavy atom. The summed E-state index contributed by atoms with van der Waals surface area (Å²) >= 11 is 11.3. The third kappa shape index (κ3) is 4.89. The van der Waals surface area contributed by atoms with E-state index in [1.165, 1.54) is 11.0 Å². The molecule has 1 aliphatic rings. The van der Waals surface area contributed by atoms with Crippen LogP contribution in [0.5, 0.6) is 11.6 Å². The maximum absolute atomic E-state index is 13.6. The number of hydrogen-bond donors (Lipinski definition) is 1. The Bertz CT molecular complexity index is 1550. The summed E-state index contributed by atoms with van der Waals surface area (Å²) in [6.07, 6.45) is 1.50. The van der Waals surface area contributed by atoms with Crippen LogP contribution in [-0.2, 0) is 16.6 Å². The lowest BCUT2D eigenvalue weighted by atomic mass is 10.0. The number of nitrogens with one attached hydrogen (secondary N) is 1. The second-order valence-corrected chi connectivity index (χ2v) is 9.23. The van der Waals surface area contributed by atoms with Crippen LogP contribution in [0.15, 0.2) is 84.4 Å². The van der Waals surface area contributed by atoms with Gasteiger partial charge < -0.3 is 4.74 Å². The summed E-state index contributed by atoms with van der Waals surface area (Å²) < 4.78 is 7.80. The van der Waals surface area contributed by atoms with E-state index in [4.69, 9.17) is 28.6 Å². The lowest BCUT2D eigenvalue weighted by Gasteiger charge is -2.29. The Kier molecular flexibility index (Phi) is 6.60. The molecule has 0 radical (unpaired) electrons. The summed E-state index contributed by atoms with van der Waals surface area (Å²) in [6.45, 7) is 1.99. The number of nitrogens with zero attached hydrogens (tertiary/aromatic N) is 3. The van der Waals surface area contributed by atoms with E-state index in [1.807, 2.05) is 61.5 Å². The second kappa shape index (κ2) is 10.0. The van der Waals surface area contributed by atoms with Crippen LogP contribution in [0.2, 0.25) is 5.02 Å². The van der Waals surface area contributed by atoms with Crippen molar-refractivity contribution < 1.29 is 14.3 Å². The highest BCUT2D eigenvalue weighted by atomic mass is 35.5. The lowest BCUT2D eigenvalue weighted by Crippen LogP contribution is -2.54. The van der Waals surface area contributed by atoms with Crippen molar-refractivity contribution in [1.82, 2.24) is 15.1 Å². The number of aryl methyl sites for hydroxylation is 2. The molecule has 9 heteroatoms. The summed E-state index contributed by atoms with van der Waals surface area (Å²) in [5.41, 5.74) is 3.31. The summed E-state index contributed by atoms with van der Waals surface area (Å²) in [7, 11) is 1.75. The molecule has 0 aliphatic carbocycles. The van der Waals surface area contributed by atoms with Crippen molar-refractivity contribution in [3.05, 3.63) is 101 Å². The number of ether oxygens (including phenoxy) is 1. The first kappa shape index (κ1) is 24.4. The summed E-state index contributed by atoms with van der Waals surface area (Å²) in [4.78, 5) is 27.9. The Balaban J connectivity index is 1.64. The van der Waals surface area contributed by atoms with Gasteiger partial charge >= 0.3 is 0 Å². The van der Waals surface area contributed by atoms with Gasteiger partial charge in [0.25, 0.3) is 11.8 Å². The minimum atomic E-state index is -0.607. The van der Waals surface area contributed by atoms with Gasteiger partial charge in [0.2, 0.25) is 5.88 Å². The van der Waals surface area contributed by atoms with Crippen LogP contribution in [0, 0.1) is 6.92 Å². The number of hydrogen-bond acceptors (Lipinski definition) is 5. The van der Waals surface area contributed by atoms with Crippen LogP contribution in [0.4, 0.5) is 5.69 Å². The summed E-state index contributed by atoms with van der Waals surface area (Å²) in [5.74, 6) is -0.206. The molecule has 1 N–H and O–H groups in total. The average Bonchev–Trinajstić information content (AvgIpc) is 3.19. The minimum absolute atomic E-state index is 0.0138. The zero-order valence-electron chi connectivity index (χ0n) is 19.9. The van der Waals surface area contributed by atoms with E-state index >= 15 is 0 Å². The molecule has 1 fully saturated rings. The van der Waals surface area contributed by atoms with E-state index in [0.29, 0.717) is 33.6 Å². The van der Waals surface area contributed by atoms with E-state index in [2.05, 4.69) is 10.4 Å². The maximum atomic E-state index is 13.6. The van der Waals surface area contributed by atoms with Gasteiger partial charge in [0.05, 0.1) is 11.3 Å². The van der Waals surface area contributed by atoms with Gasteiger partial charge in [0.1, 0.15) is 17.0 Å². The highest BCUT2D eigenvalue weighted by molar-refractivity contribution is 7.80. The van der Waals surface area contributed by atoms with Gasteiger partial charge in [-0.15, -0.1) is 0 Å². The van der Waals surface area contributed by atoms with Crippen molar-refractivity contribution >= 4 is 52.5 Å². The van der Waals surface area contributed by atoms with Crippen molar-refractivity contribution in [2.24, 2.45) is 7.05 Å². The molecule has 0 unspecified atom stereocenters. The maximum Gasteiger partial charge on any atom is 0.270 e. The highest BCUT2D eigenvalue weighted by Crippen LogP contribution is 2.36. The van der Waals surface area contributed by atoms with E-state index in [0.717, 1.165) is 11.1 Å². The van der Waals surface area contributed by atoms with Gasteiger partial charge in [0, 0.05) is 17.6 Å². The van der Waals surface area contributed by atoms with Crippen LogP contribution in [-0.4, -0.2) is 26.7 Å². The predicted octanol–water partition coefficient (Wildman–Crippen LogP) is 5.67. The highest BCUT2D eigenvalue weighted by Gasteiger charge is 2.35. The standard InChI is InChI=1S/C28H21ClN4O3S/c1-17-8-14-21(15-9-17)36-27-22(24(31-32(27)2)18-6-4-3-5-7-18)16-23-25(34)30-28(37)33(26(23)35)20-12-10-19(29)11-13-20/h3-16H,1-2H3,(H,30,34,37)/b23-16+. The lowest BCUT2D eigenvalue weighted by molar-refractivity contribution is -0.122. The SMILES string of the molecule is Cc1ccc(Oc2c(/C=C3\C(=O)NC(=S)N(c4ccc(Cl)cc4)C3=O)c(-c3ccccc3)nn2C)cc1. The third-order valence-corrected chi connectivity index (χ3v) is 6.32. The average molecular weight is 529 g/mol. The molecule has 3 aromatic carbocycles. The van der Waals surface area contributed by atoms with Crippen molar-refractivity contribution in [1.29, 1.82) is 0 Å². The molecule has 2 heterocycles. The Morgan fingerprint density at radius 2 is 1.65 bits per heavy atom. The van der Waals surface area contributed by atoms with Gasteiger partial charge in [-0.3, -0.25) is 19.8 Å². The molecule has 0 bridgehead atoms. The number of halogens is 1. The molecular weight excluding hydrogens is 508 g/mol. The fourth-order valence-corrected chi connectivity index (χ4v) is 4.34. The number of anilines is 1. The first-order chi connectivity index (χ1) is 17.8. The number of carbonyl (C=O) groups excluding carboxylic acids is 2. The third-order valence-electron chi connectivity index (χ3n) is 5.79. The molecule has 7 nitrogen and oxygen atoms in total. The van der Waals surface area contributed by atoms with Crippen LogP contribution in [0.25, 0.3) is 17.3 Å². The Hall–Kier alpha value is -4.27. The molecule has 5 rings (SSSR count). The van der Waals surface area contributed by atoms with E-state index < -0.39 is 11.8 Å². The molecular formula is C28H21ClN4O3S. The van der Waals surface area contributed by atoms with Crippen LogP contribution < -0.4 is 15.0 Å². The number of rotatable bonds is 5. The van der Waals surface area contributed by atoms with Crippen LogP contribution in [0.3, 0.4) is 0 Å². The summed E-state index contributed by atoms with van der Waals surface area (Å²) in [6, 6.07) is 23.7. The van der Waals surface area contributed by atoms with Crippen LogP contribution >= 0.6 is 23.8 Å². The van der Waals surface area contributed by atoms with Crippen molar-refractivity contribution in [2.45, 2.75) is 6.92 Å². The van der Waals surface area contributed by atoms with Crippen molar-refractivity contribution in [3.8, 4) is 22.9 Å². The van der Waals surface area contributed by atoms with Gasteiger partial charge in [-0.05, 0) is 61.6 Å². The van der Waals surface area contributed by atoms with E-state index in [1.54, 1.807) is 36.0 Å². The largest absolute Gasteiger partial charge is 0.439 e. The second-order valence-electron chi connectivity index (χ2n) is 8.41. The van der Waals surface area contributed by atoms with Crippen molar-refractivity contribution in [3.63, 3.8) is 0 Å². The molecule has 0 spiro atoms. The molecule has 4 aromatic rings.